The Kier molecular flexibility index (Phi) is 39.8. The molecular weight excluding hydrogens is 750 g/mol. The number of phosphoric ester groups is 1. The molecule has 9 nitrogen and oxygen atoms in total. The number of ether oxygens (including phenoxy) is 2. The zero-order valence-electron chi connectivity index (χ0n) is 38.5. The van der Waals surface area contributed by atoms with Gasteiger partial charge in [-0.25, -0.2) is 0 Å². The number of allylic oxidation sites excluding steroid dienone is 4. The average Bonchev–Trinajstić information content (AvgIpc) is 3.17. The largest absolute Gasteiger partial charge is 0.756 e. The summed E-state index contributed by atoms with van der Waals surface area (Å²) in [6.45, 7) is 4.22. The first kappa shape index (κ1) is 56.5. The van der Waals surface area contributed by atoms with Gasteiger partial charge in [0.05, 0.1) is 27.7 Å². The number of esters is 2. The van der Waals surface area contributed by atoms with Crippen molar-refractivity contribution in [3.05, 3.63) is 24.3 Å². The van der Waals surface area contributed by atoms with Gasteiger partial charge in [0, 0.05) is 12.8 Å². The van der Waals surface area contributed by atoms with Crippen LogP contribution in [0.2, 0.25) is 0 Å². The minimum atomic E-state index is -4.63. The number of likely N-dealkylation sites (N-methyl/N-ethyl adjacent to an activating group) is 1. The molecule has 0 heterocycles. The van der Waals surface area contributed by atoms with Crippen LogP contribution in [0.15, 0.2) is 24.3 Å². The summed E-state index contributed by atoms with van der Waals surface area (Å²) in [6, 6.07) is 0. The van der Waals surface area contributed by atoms with E-state index in [1.165, 1.54) is 135 Å². The lowest BCUT2D eigenvalue weighted by molar-refractivity contribution is -0.870. The SMILES string of the molecule is CCCCC/C=C\C/C=C\CCCCCCCCCC(=O)O[C@H](COC(=O)CCCCCCCCCCCCCCCCCCC)COP(=O)([O-])OCC[N+](C)(C)C. The topological polar surface area (TPSA) is 111 Å². The zero-order chi connectivity index (χ0) is 42.8. The molecule has 0 radical (unpaired) electrons. The number of quaternary nitrogens is 1. The van der Waals surface area contributed by atoms with Gasteiger partial charge < -0.3 is 27.9 Å². The van der Waals surface area contributed by atoms with Crippen LogP contribution in [0, 0.1) is 0 Å². The predicted molar refractivity (Wildman–Crippen MR) is 241 cm³/mol. The highest BCUT2D eigenvalue weighted by molar-refractivity contribution is 7.45. The van der Waals surface area contributed by atoms with Gasteiger partial charge >= 0.3 is 11.9 Å². The van der Waals surface area contributed by atoms with E-state index in [0.29, 0.717) is 17.4 Å². The Labute approximate surface area is 358 Å². The van der Waals surface area contributed by atoms with E-state index in [0.717, 1.165) is 51.4 Å². The molecule has 0 fully saturated rings. The highest BCUT2D eigenvalue weighted by Gasteiger charge is 2.21. The van der Waals surface area contributed by atoms with Crippen LogP contribution in [0.1, 0.15) is 219 Å². The molecule has 0 aromatic heterocycles. The first-order chi connectivity index (χ1) is 28.0. The predicted octanol–water partition coefficient (Wildman–Crippen LogP) is 13.3. The molecule has 0 amide bonds. The Hall–Kier alpha value is -1.51. The molecule has 0 rings (SSSR count). The van der Waals surface area contributed by atoms with Crippen LogP contribution in [-0.2, 0) is 32.7 Å². The van der Waals surface area contributed by atoms with Gasteiger partial charge in [0.2, 0.25) is 0 Å². The maximum atomic E-state index is 12.7. The average molecular weight is 842 g/mol. The summed E-state index contributed by atoms with van der Waals surface area (Å²) in [5.41, 5.74) is 0. The second-order valence-electron chi connectivity index (χ2n) is 17.5. The lowest BCUT2D eigenvalue weighted by atomic mass is 10.0. The second-order valence-corrected chi connectivity index (χ2v) is 18.9. The number of rotatable bonds is 44. The van der Waals surface area contributed by atoms with Crippen LogP contribution in [0.5, 0.6) is 0 Å². The molecule has 0 aliphatic rings. The van der Waals surface area contributed by atoms with E-state index >= 15 is 0 Å². The highest BCUT2D eigenvalue weighted by atomic mass is 31.2. The fourth-order valence-corrected chi connectivity index (χ4v) is 7.41. The summed E-state index contributed by atoms with van der Waals surface area (Å²) < 4.78 is 34.0. The van der Waals surface area contributed by atoms with E-state index in [1.807, 2.05) is 21.1 Å². The van der Waals surface area contributed by atoms with E-state index < -0.39 is 26.5 Å². The summed E-state index contributed by atoms with van der Waals surface area (Å²) in [5.74, 6) is -0.833. The number of carbonyl (C=O) groups excluding carboxylic acids is 2. The van der Waals surface area contributed by atoms with Crippen molar-refractivity contribution in [3.63, 3.8) is 0 Å². The Morgan fingerprint density at radius 3 is 1.40 bits per heavy atom. The maximum Gasteiger partial charge on any atom is 0.306 e. The zero-order valence-corrected chi connectivity index (χ0v) is 39.4. The first-order valence-electron chi connectivity index (χ1n) is 24.0. The number of nitrogens with zero attached hydrogens (tertiary/aromatic N) is 1. The van der Waals surface area contributed by atoms with Gasteiger partial charge in [0.1, 0.15) is 19.8 Å². The molecule has 0 spiro atoms. The third kappa shape index (κ3) is 44.1. The lowest BCUT2D eigenvalue weighted by Crippen LogP contribution is -2.37. The van der Waals surface area contributed by atoms with E-state index in [9.17, 15) is 19.0 Å². The van der Waals surface area contributed by atoms with E-state index in [2.05, 4.69) is 38.2 Å². The molecule has 1 unspecified atom stereocenters. The second kappa shape index (κ2) is 40.9. The van der Waals surface area contributed by atoms with Crippen molar-refractivity contribution in [1.29, 1.82) is 0 Å². The smallest absolute Gasteiger partial charge is 0.306 e. The summed E-state index contributed by atoms with van der Waals surface area (Å²) >= 11 is 0. The molecule has 0 aliphatic heterocycles. The van der Waals surface area contributed by atoms with Crippen molar-refractivity contribution < 1.29 is 42.1 Å². The minimum Gasteiger partial charge on any atom is -0.756 e. The van der Waals surface area contributed by atoms with Crippen molar-refractivity contribution in [2.75, 3.05) is 47.5 Å². The van der Waals surface area contributed by atoms with Crippen LogP contribution >= 0.6 is 7.82 Å². The van der Waals surface area contributed by atoms with Crippen molar-refractivity contribution >= 4 is 19.8 Å². The summed E-state index contributed by atoms with van der Waals surface area (Å²) in [4.78, 5) is 37.6. The van der Waals surface area contributed by atoms with Crippen LogP contribution < -0.4 is 4.89 Å². The number of hydrogen-bond donors (Lipinski definition) is 0. The molecule has 0 N–H and O–H groups in total. The van der Waals surface area contributed by atoms with Gasteiger partial charge in [-0.15, -0.1) is 0 Å². The highest BCUT2D eigenvalue weighted by Crippen LogP contribution is 2.38. The van der Waals surface area contributed by atoms with Crippen LogP contribution in [-0.4, -0.2) is 70.0 Å². The molecule has 0 bridgehead atoms. The Bertz CT molecular complexity index is 1040. The van der Waals surface area contributed by atoms with Crippen molar-refractivity contribution in [2.24, 2.45) is 0 Å². The van der Waals surface area contributed by atoms with Gasteiger partial charge in [-0.2, -0.15) is 0 Å². The molecular formula is C48H92NO8P. The van der Waals surface area contributed by atoms with E-state index in [1.54, 1.807) is 0 Å². The molecule has 0 saturated heterocycles. The van der Waals surface area contributed by atoms with Gasteiger partial charge in [0.25, 0.3) is 7.82 Å². The number of carbonyl (C=O) groups is 2. The lowest BCUT2D eigenvalue weighted by Gasteiger charge is -2.28. The van der Waals surface area contributed by atoms with Crippen molar-refractivity contribution in [1.82, 2.24) is 0 Å². The molecule has 0 aliphatic carbocycles. The number of hydrogen-bond acceptors (Lipinski definition) is 8. The molecule has 0 aromatic rings. The maximum absolute atomic E-state index is 12.7. The first-order valence-corrected chi connectivity index (χ1v) is 25.5. The van der Waals surface area contributed by atoms with Gasteiger partial charge in [-0.1, -0.05) is 186 Å². The normalized spacial score (nSPS) is 13.7. The van der Waals surface area contributed by atoms with Gasteiger partial charge in [0.15, 0.2) is 6.10 Å². The van der Waals surface area contributed by atoms with Crippen LogP contribution in [0.25, 0.3) is 0 Å². The third-order valence-electron chi connectivity index (χ3n) is 10.5. The monoisotopic (exact) mass is 842 g/mol. The molecule has 10 heteroatoms. The van der Waals surface area contributed by atoms with Crippen LogP contribution in [0.4, 0.5) is 0 Å². The van der Waals surface area contributed by atoms with Gasteiger partial charge in [-0.05, 0) is 44.9 Å². The molecule has 342 valence electrons. The standard InChI is InChI=1S/C48H92NO8P/c1-6-8-10-12-14-16-18-20-22-24-26-28-30-32-34-36-38-40-47(50)54-44-46(45-56-58(52,53)55-43-42-49(3,4)5)57-48(51)41-39-37-35-33-31-29-27-25-23-21-19-17-15-13-11-9-7-2/h15,17,21,23,46H,6-14,16,18-20,22,24-45H2,1-5H3/b17-15-,23-21-/t46-/m1/s1. The fraction of sp³-hybridized carbons (Fsp3) is 0.875. The Morgan fingerprint density at radius 1 is 0.534 bits per heavy atom. The van der Waals surface area contributed by atoms with Crippen molar-refractivity contribution in [2.45, 2.75) is 225 Å². The Morgan fingerprint density at radius 2 is 0.931 bits per heavy atom. The quantitative estimate of drug-likeness (QED) is 0.0196. The molecule has 2 atom stereocenters. The summed E-state index contributed by atoms with van der Waals surface area (Å²) in [5, 5.41) is 0. The van der Waals surface area contributed by atoms with E-state index in [4.69, 9.17) is 18.5 Å². The summed E-state index contributed by atoms with van der Waals surface area (Å²) in [6.07, 6.45) is 44.8. The Balaban J connectivity index is 4.29. The third-order valence-corrected chi connectivity index (χ3v) is 11.4. The number of unbranched alkanes of at least 4 members (excludes halogenated alkanes) is 26. The fourth-order valence-electron chi connectivity index (χ4n) is 6.69. The van der Waals surface area contributed by atoms with Crippen molar-refractivity contribution in [3.8, 4) is 0 Å². The molecule has 0 aromatic carbocycles. The summed E-state index contributed by atoms with van der Waals surface area (Å²) in [7, 11) is 1.17. The molecule has 0 saturated carbocycles. The minimum absolute atomic E-state index is 0.0305. The van der Waals surface area contributed by atoms with Gasteiger partial charge in [-0.3, -0.25) is 14.2 Å². The molecule has 58 heavy (non-hydrogen) atoms. The van der Waals surface area contributed by atoms with Crippen LogP contribution in [0.3, 0.4) is 0 Å². The number of phosphoric acid groups is 1. The van der Waals surface area contributed by atoms with E-state index in [-0.39, 0.29) is 32.0 Å².